The Kier molecular flexibility index (Phi) is 3.69. The van der Waals surface area contributed by atoms with E-state index in [0.29, 0.717) is 12.6 Å². The van der Waals surface area contributed by atoms with Crippen LogP contribution in [-0.4, -0.2) is 62.0 Å². The van der Waals surface area contributed by atoms with Crippen LogP contribution in [0.15, 0.2) is 0 Å². The maximum absolute atomic E-state index is 11.4. The summed E-state index contributed by atoms with van der Waals surface area (Å²) >= 11 is 0. The molecule has 4 heteroatoms. The first-order valence-electron chi connectivity index (χ1n) is 4.76. The van der Waals surface area contributed by atoms with E-state index in [1.54, 1.807) is 19.0 Å². The Labute approximate surface area is 79.9 Å². The Hall–Kier alpha value is -0.610. The third kappa shape index (κ3) is 2.97. The molecule has 1 aliphatic rings. The maximum atomic E-state index is 11.4. The standard InChI is InChI=1S/C9H19N3O/c1-8-6-10-4-5-12(8)7-9(13)11(2)3/h8,10H,4-7H2,1-3H3. The quantitative estimate of drug-likeness (QED) is 0.622. The Morgan fingerprint density at radius 3 is 2.85 bits per heavy atom. The van der Waals surface area contributed by atoms with Gasteiger partial charge in [0.2, 0.25) is 5.91 Å². The lowest BCUT2D eigenvalue weighted by Crippen LogP contribution is -2.52. The van der Waals surface area contributed by atoms with Gasteiger partial charge >= 0.3 is 0 Å². The fourth-order valence-corrected chi connectivity index (χ4v) is 1.43. The Morgan fingerprint density at radius 1 is 1.62 bits per heavy atom. The minimum absolute atomic E-state index is 0.189. The molecule has 0 aromatic carbocycles. The van der Waals surface area contributed by atoms with Gasteiger partial charge in [-0.3, -0.25) is 9.69 Å². The first-order chi connectivity index (χ1) is 6.11. The lowest BCUT2D eigenvalue weighted by atomic mass is 10.2. The van der Waals surface area contributed by atoms with Crippen LogP contribution in [0.2, 0.25) is 0 Å². The average molecular weight is 185 g/mol. The average Bonchev–Trinajstić information content (AvgIpc) is 2.08. The minimum atomic E-state index is 0.189. The van der Waals surface area contributed by atoms with E-state index in [1.807, 2.05) is 0 Å². The van der Waals surface area contributed by atoms with E-state index in [-0.39, 0.29) is 5.91 Å². The highest BCUT2D eigenvalue weighted by Crippen LogP contribution is 2.01. The molecule has 1 rings (SSSR count). The summed E-state index contributed by atoms with van der Waals surface area (Å²) in [7, 11) is 3.60. The number of carbonyl (C=O) groups is 1. The van der Waals surface area contributed by atoms with Crippen molar-refractivity contribution in [2.24, 2.45) is 0 Å². The van der Waals surface area contributed by atoms with E-state index in [4.69, 9.17) is 0 Å². The van der Waals surface area contributed by atoms with Gasteiger partial charge in [-0.25, -0.2) is 0 Å². The highest BCUT2D eigenvalue weighted by atomic mass is 16.2. The molecule has 1 atom stereocenters. The molecule has 76 valence electrons. The number of hydrogen-bond acceptors (Lipinski definition) is 3. The van der Waals surface area contributed by atoms with Gasteiger partial charge < -0.3 is 10.2 Å². The van der Waals surface area contributed by atoms with E-state index in [9.17, 15) is 4.79 Å². The normalized spacial score (nSPS) is 24.4. The number of likely N-dealkylation sites (N-methyl/N-ethyl adjacent to an activating group) is 1. The number of piperazine rings is 1. The van der Waals surface area contributed by atoms with Crippen molar-refractivity contribution < 1.29 is 4.79 Å². The molecule has 1 N–H and O–H groups in total. The molecule has 0 aliphatic carbocycles. The molecule has 1 amide bonds. The van der Waals surface area contributed by atoms with Crippen LogP contribution in [0, 0.1) is 0 Å². The maximum Gasteiger partial charge on any atom is 0.236 e. The van der Waals surface area contributed by atoms with Crippen molar-refractivity contribution in [1.82, 2.24) is 15.1 Å². The summed E-state index contributed by atoms with van der Waals surface area (Å²) < 4.78 is 0. The molecule has 1 unspecified atom stereocenters. The third-order valence-corrected chi connectivity index (χ3v) is 2.48. The zero-order valence-corrected chi connectivity index (χ0v) is 8.71. The molecule has 1 heterocycles. The molecule has 13 heavy (non-hydrogen) atoms. The van der Waals surface area contributed by atoms with Crippen LogP contribution in [0.3, 0.4) is 0 Å². The SMILES string of the molecule is CC1CNCCN1CC(=O)N(C)C. The number of nitrogens with zero attached hydrogens (tertiary/aromatic N) is 2. The predicted molar refractivity (Wildman–Crippen MR) is 52.6 cm³/mol. The Bertz CT molecular complexity index is 182. The first-order valence-corrected chi connectivity index (χ1v) is 4.76. The van der Waals surface area contributed by atoms with Crippen LogP contribution in [0.5, 0.6) is 0 Å². The molecule has 0 radical (unpaired) electrons. The van der Waals surface area contributed by atoms with Gasteiger partial charge in [0.15, 0.2) is 0 Å². The number of hydrogen-bond donors (Lipinski definition) is 1. The van der Waals surface area contributed by atoms with Gasteiger partial charge in [0.1, 0.15) is 0 Å². The second kappa shape index (κ2) is 4.58. The highest BCUT2D eigenvalue weighted by Gasteiger charge is 2.20. The van der Waals surface area contributed by atoms with Crippen molar-refractivity contribution in [3.8, 4) is 0 Å². The number of amides is 1. The highest BCUT2D eigenvalue weighted by molar-refractivity contribution is 5.77. The van der Waals surface area contributed by atoms with Crippen LogP contribution < -0.4 is 5.32 Å². The second-order valence-corrected chi connectivity index (χ2v) is 3.81. The fourth-order valence-electron chi connectivity index (χ4n) is 1.43. The molecule has 1 fully saturated rings. The van der Waals surface area contributed by atoms with Crippen LogP contribution in [0.4, 0.5) is 0 Å². The van der Waals surface area contributed by atoms with E-state index >= 15 is 0 Å². The summed E-state index contributed by atoms with van der Waals surface area (Å²) in [6.45, 7) is 5.65. The summed E-state index contributed by atoms with van der Waals surface area (Å²) in [4.78, 5) is 15.3. The molecule has 4 nitrogen and oxygen atoms in total. The van der Waals surface area contributed by atoms with Crippen molar-refractivity contribution in [1.29, 1.82) is 0 Å². The first kappa shape index (κ1) is 10.5. The third-order valence-electron chi connectivity index (χ3n) is 2.48. The van der Waals surface area contributed by atoms with Crippen molar-refractivity contribution in [2.75, 3.05) is 40.3 Å². The van der Waals surface area contributed by atoms with Gasteiger partial charge in [0, 0.05) is 39.8 Å². The lowest BCUT2D eigenvalue weighted by molar-refractivity contribution is -0.130. The van der Waals surface area contributed by atoms with Gasteiger partial charge in [-0.05, 0) is 6.92 Å². The van der Waals surface area contributed by atoms with Gasteiger partial charge in [-0.1, -0.05) is 0 Å². The van der Waals surface area contributed by atoms with E-state index in [2.05, 4.69) is 17.1 Å². The van der Waals surface area contributed by atoms with E-state index in [0.717, 1.165) is 19.6 Å². The molecule has 0 bridgehead atoms. The molecule has 0 aromatic heterocycles. The number of rotatable bonds is 2. The Morgan fingerprint density at radius 2 is 2.31 bits per heavy atom. The summed E-state index contributed by atoms with van der Waals surface area (Å²) in [5, 5.41) is 3.30. The summed E-state index contributed by atoms with van der Waals surface area (Å²) in [6.07, 6.45) is 0. The number of nitrogens with one attached hydrogen (secondary N) is 1. The van der Waals surface area contributed by atoms with Gasteiger partial charge in [0.25, 0.3) is 0 Å². The van der Waals surface area contributed by atoms with Crippen molar-refractivity contribution >= 4 is 5.91 Å². The van der Waals surface area contributed by atoms with Crippen LogP contribution in [0.25, 0.3) is 0 Å². The van der Waals surface area contributed by atoms with Gasteiger partial charge in [-0.2, -0.15) is 0 Å². The minimum Gasteiger partial charge on any atom is -0.348 e. The van der Waals surface area contributed by atoms with Crippen molar-refractivity contribution in [2.45, 2.75) is 13.0 Å². The fraction of sp³-hybridized carbons (Fsp3) is 0.889. The molecular weight excluding hydrogens is 166 g/mol. The van der Waals surface area contributed by atoms with Crippen LogP contribution in [0.1, 0.15) is 6.92 Å². The van der Waals surface area contributed by atoms with E-state index < -0.39 is 0 Å². The van der Waals surface area contributed by atoms with E-state index in [1.165, 1.54) is 0 Å². The Balaban J connectivity index is 2.38. The van der Waals surface area contributed by atoms with Crippen molar-refractivity contribution in [3.05, 3.63) is 0 Å². The zero-order valence-electron chi connectivity index (χ0n) is 8.71. The molecule has 1 aliphatic heterocycles. The van der Waals surface area contributed by atoms with Crippen LogP contribution in [-0.2, 0) is 4.79 Å². The topological polar surface area (TPSA) is 35.6 Å². The molecule has 0 aromatic rings. The second-order valence-electron chi connectivity index (χ2n) is 3.81. The molecule has 0 spiro atoms. The van der Waals surface area contributed by atoms with Gasteiger partial charge in [0.05, 0.1) is 6.54 Å². The molecule has 0 saturated carbocycles. The van der Waals surface area contributed by atoms with Crippen molar-refractivity contribution in [3.63, 3.8) is 0 Å². The summed E-state index contributed by atoms with van der Waals surface area (Å²) in [5.41, 5.74) is 0. The molecular formula is C9H19N3O. The summed E-state index contributed by atoms with van der Waals surface area (Å²) in [6, 6.07) is 0.470. The monoisotopic (exact) mass is 185 g/mol. The molecule has 1 saturated heterocycles. The largest absolute Gasteiger partial charge is 0.348 e. The van der Waals surface area contributed by atoms with Crippen LogP contribution >= 0.6 is 0 Å². The number of carbonyl (C=O) groups excluding carboxylic acids is 1. The predicted octanol–water partition coefficient (Wildman–Crippen LogP) is -0.632. The lowest BCUT2D eigenvalue weighted by Gasteiger charge is -2.33. The van der Waals surface area contributed by atoms with Gasteiger partial charge in [-0.15, -0.1) is 0 Å². The smallest absolute Gasteiger partial charge is 0.236 e. The zero-order chi connectivity index (χ0) is 9.84. The summed E-state index contributed by atoms with van der Waals surface area (Å²) in [5.74, 6) is 0.189.